The summed E-state index contributed by atoms with van der Waals surface area (Å²) < 4.78 is 5.73. The van der Waals surface area contributed by atoms with E-state index in [0.717, 1.165) is 31.9 Å². The maximum atomic E-state index is 11.2. The molecule has 1 aliphatic rings. The molecule has 0 aliphatic carbocycles. The Morgan fingerprint density at radius 1 is 1.71 bits per heavy atom. The van der Waals surface area contributed by atoms with Crippen LogP contribution in [0.1, 0.15) is 12.2 Å². The quantitative estimate of drug-likeness (QED) is 0.865. The molecule has 0 spiro atoms. The van der Waals surface area contributed by atoms with Crippen molar-refractivity contribution in [3.8, 4) is 0 Å². The van der Waals surface area contributed by atoms with Crippen molar-refractivity contribution in [3.63, 3.8) is 0 Å². The summed E-state index contributed by atoms with van der Waals surface area (Å²) in [7, 11) is 0. The molecule has 1 atom stereocenters. The fourth-order valence-electron chi connectivity index (χ4n) is 1.54. The molecule has 76 valence electrons. The van der Waals surface area contributed by atoms with E-state index < -0.39 is 0 Å². The first-order valence-corrected chi connectivity index (χ1v) is 5.36. The maximum absolute atomic E-state index is 11.2. The van der Waals surface area contributed by atoms with Crippen molar-refractivity contribution in [1.82, 2.24) is 9.97 Å². The fourth-order valence-corrected chi connectivity index (χ4v) is 1.74. The first-order valence-electron chi connectivity index (χ1n) is 4.57. The third-order valence-electron chi connectivity index (χ3n) is 2.31. The zero-order chi connectivity index (χ0) is 9.97. The number of H-pyrrole nitrogens is 1. The Bertz CT molecular complexity index is 371. The van der Waals surface area contributed by atoms with Crippen LogP contribution in [-0.2, 0) is 11.2 Å². The molecule has 1 fully saturated rings. The Morgan fingerprint density at radius 2 is 2.57 bits per heavy atom. The van der Waals surface area contributed by atoms with Crippen LogP contribution in [0.2, 0.25) is 0 Å². The number of nitrogens with zero attached hydrogens (tertiary/aromatic N) is 1. The number of ether oxygens (including phenoxy) is 1. The van der Waals surface area contributed by atoms with Crippen molar-refractivity contribution < 1.29 is 4.74 Å². The first kappa shape index (κ1) is 9.86. The van der Waals surface area contributed by atoms with Crippen molar-refractivity contribution in [2.24, 2.45) is 5.92 Å². The Balaban J connectivity index is 2.09. The number of hydrogen-bond donors (Lipinski definition) is 1. The molecule has 0 radical (unpaired) electrons. The summed E-state index contributed by atoms with van der Waals surface area (Å²) in [6.07, 6.45) is 3.40. The molecule has 0 amide bonds. The molecule has 1 aliphatic heterocycles. The lowest BCUT2D eigenvalue weighted by Gasteiger charge is -2.05. The highest BCUT2D eigenvalue weighted by atomic mass is 79.9. The van der Waals surface area contributed by atoms with Gasteiger partial charge in [0, 0.05) is 25.8 Å². The molecule has 4 nitrogen and oxygen atoms in total. The summed E-state index contributed by atoms with van der Waals surface area (Å²) >= 11 is 3.11. The molecule has 2 heterocycles. The van der Waals surface area contributed by atoms with Gasteiger partial charge in [-0.1, -0.05) is 0 Å². The van der Waals surface area contributed by atoms with Gasteiger partial charge in [-0.2, -0.15) is 0 Å². The molecule has 1 aromatic heterocycles. The summed E-state index contributed by atoms with van der Waals surface area (Å²) in [6, 6.07) is 0. The van der Waals surface area contributed by atoms with Crippen molar-refractivity contribution >= 4 is 15.9 Å². The number of aromatic nitrogens is 2. The second kappa shape index (κ2) is 4.23. The van der Waals surface area contributed by atoms with Gasteiger partial charge in [-0.3, -0.25) is 4.79 Å². The number of halogens is 1. The van der Waals surface area contributed by atoms with E-state index in [-0.39, 0.29) is 5.56 Å². The van der Waals surface area contributed by atoms with Crippen molar-refractivity contribution in [2.75, 3.05) is 13.2 Å². The van der Waals surface area contributed by atoms with Gasteiger partial charge in [0.25, 0.3) is 5.56 Å². The van der Waals surface area contributed by atoms with Crippen molar-refractivity contribution in [1.29, 1.82) is 0 Å². The lowest BCUT2D eigenvalue weighted by molar-refractivity contribution is 0.185. The second-order valence-electron chi connectivity index (χ2n) is 3.44. The molecule has 1 unspecified atom stereocenters. The average Bonchev–Trinajstić information content (AvgIpc) is 2.64. The molecular weight excluding hydrogens is 248 g/mol. The topological polar surface area (TPSA) is 55.0 Å². The SMILES string of the molecule is O=c1[nH]c(CC2CCOC2)ncc1Br. The summed E-state index contributed by atoms with van der Waals surface area (Å²) in [4.78, 5) is 18.1. The van der Waals surface area contributed by atoms with E-state index in [1.807, 2.05) is 0 Å². The molecule has 14 heavy (non-hydrogen) atoms. The lowest BCUT2D eigenvalue weighted by atomic mass is 10.1. The monoisotopic (exact) mass is 258 g/mol. The molecule has 1 saturated heterocycles. The van der Waals surface area contributed by atoms with E-state index in [1.165, 1.54) is 0 Å². The molecular formula is C9H11BrN2O2. The highest BCUT2D eigenvalue weighted by Crippen LogP contribution is 2.15. The fraction of sp³-hybridized carbons (Fsp3) is 0.556. The summed E-state index contributed by atoms with van der Waals surface area (Å²) in [6.45, 7) is 1.60. The highest BCUT2D eigenvalue weighted by Gasteiger charge is 2.17. The molecule has 0 saturated carbocycles. The zero-order valence-electron chi connectivity index (χ0n) is 7.62. The highest BCUT2D eigenvalue weighted by molar-refractivity contribution is 9.10. The van der Waals surface area contributed by atoms with Crippen LogP contribution in [0.4, 0.5) is 0 Å². The van der Waals surface area contributed by atoms with Gasteiger partial charge >= 0.3 is 0 Å². The van der Waals surface area contributed by atoms with Crippen LogP contribution in [0, 0.1) is 5.92 Å². The van der Waals surface area contributed by atoms with Gasteiger partial charge in [0.2, 0.25) is 0 Å². The van der Waals surface area contributed by atoms with Crippen molar-refractivity contribution in [3.05, 3.63) is 26.8 Å². The predicted molar refractivity (Wildman–Crippen MR) is 55.2 cm³/mol. The van der Waals surface area contributed by atoms with Crippen LogP contribution in [-0.4, -0.2) is 23.2 Å². The Kier molecular flexibility index (Phi) is 2.98. The van der Waals surface area contributed by atoms with E-state index >= 15 is 0 Å². The normalized spacial score (nSPS) is 21.4. The zero-order valence-corrected chi connectivity index (χ0v) is 9.21. The standard InChI is InChI=1S/C9H11BrN2O2/c10-7-4-11-8(12-9(7)13)3-6-1-2-14-5-6/h4,6H,1-3,5H2,(H,11,12,13). The molecule has 5 heteroatoms. The van der Waals surface area contributed by atoms with E-state index in [1.54, 1.807) is 6.20 Å². The first-order chi connectivity index (χ1) is 6.75. The van der Waals surface area contributed by atoms with Crippen LogP contribution < -0.4 is 5.56 Å². The second-order valence-corrected chi connectivity index (χ2v) is 4.30. The van der Waals surface area contributed by atoms with Crippen LogP contribution in [0.5, 0.6) is 0 Å². The molecule has 0 aromatic carbocycles. The van der Waals surface area contributed by atoms with Gasteiger partial charge in [-0.05, 0) is 28.3 Å². The van der Waals surface area contributed by atoms with Gasteiger partial charge in [-0.25, -0.2) is 4.98 Å². The molecule has 2 rings (SSSR count). The molecule has 1 N–H and O–H groups in total. The van der Waals surface area contributed by atoms with Crippen molar-refractivity contribution in [2.45, 2.75) is 12.8 Å². The lowest BCUT2D eigenvalue weighted by Crippen LogP contribution is -2.14. The molecule has 0 bridgehead atoms. The van der Waals surface area contributed by atoms with Crippen LogP contribution in [0.3, 0.4) is 0 Å². The van der Waals surface area contributed by atoms with Gasteiger partial charge in [0.05, 0.1) is 0 Å². The Labute approximate surface area is 89.8 Å². The Hall–Kier alpha value is -0.680. The summed E-state index contributed by atoms with van der Waals surface area (Å²) in [5, 5.41) is 0. The molecule has 1 aromatic rings. The summed E-state index contributed by atoms with van der Waals surface area (Å²) in [5.74, 6) is 1.24. The van der Waals surface area contributed by atoms with Gasteiger partial charge < -0.3 is 9.72 Å². The average molecular weight is 259 g/mol. The van der Waals surface area contributed by atoms with E-state index in [4.69, 9.17) is 4.74 Å². The van der Waals surface area contributed by atoms with Gasteiger partial charge in [-0.15, -0.1) is 0 Å². The third kappa shape index (κ3) is 2.22. The summed E-state index contributed by atoms with van der Waals surface area (Å²) in [5.41, 5.74) is -0.117. The number of hydrogen-bond acceptors (Lipinski definition) is 3. The van der Waals surface area contributed by atoms with Crippen LogP contribution >= 0.6 is 15.9 Å². The minimum atomic E-state index is -0.117. The predicted octanol–water partition coefficient (Wildman–Crippen LogP) is 1.11. The van der Waals surface area contributed by atoms with Crippen LogP contribution in [0.25, 0.3) is 0 Å². The number of nitrogens with one attached hydrogen (secondary N) is 1. The maximum Gasteiger partial charge on any atom is 0.265 e. The van der Waals surface area contributed by atoms with E-state index in [9.17, 15) is 4.79 Å². The van der Waals surface area contributed by atoms with Crippen LogP contribution in [0.15, 0.2) is 15.5 Å². The smallest absolute Gasteiger partial charge is 0.265 e. The number of aromatic amines is 1. The minimum Gasteiger partial charge on any atom is -0.381 e. The van der Waals surface area contributed by atoms with Gasteiger partial charge in [0.1, 0.15) is 10.3 Å². The van der Waals surface area contributed by atoms with Gasteiger partial charge in [0.15, 0.2) is 0 Å². The third-order valence-corrected chi connectivity index (χ3v) is 2.88. The largest absolute Gasteiger partial charge is 0.381 e. The number of rotatable bonds is 2. The minimum absolute atomic E-state index is 0.117. The Morgan fingerprint density at radius 3 is 3.21 bits per heavy atom. The van der Waals surface area contributed by atoms with E-state index in [2.05, 4.69) is 25.9 Å². The van der Waals surface area contributed by atoms with E-state index in [0.29, 0.717) is 10.4 Å².